The van der Waals surface area contributed by atoms with Crippen molar-refractivity contribution in [2.45, 2.75) is 53.2 Å². The second-order valence-corrected chi connectivity index (χ2v) is 9.69. The minimum Gasteiger partial charge on any atom is -0.444 e. The van der Waals surface area contributed by atoms with Gasteiger partial charge >= 0.3 is 6.09 Å². The number of alkyl carbamates (subject to hydrolysis) is 1. The lowest BCUT2D eigenvalue weighted by atomic mass is 9.95. The van der Waals surface area contributed by atoms with E-state index in [4.69, 9.17) is 16.3 Å². The number of halogens is 1. The average Bonchev–Trinajstić information content (AvgIpc) is 2.76. The fraction of sp³-hybridized carbons (Fsp3) is 0.423. The highest BCUT2D eigenvalue weighted by Crippen LogP contribution is 2.31. The maximum absolute atomic E-state index is 13.7. The summed E-state index contributed by atoms with van der Waals surface area (Å²) in [6.07, 6.45) is -0.755. The van der Waals surface area contributed by atoms with Gasteiger partial charge in [0.05, 0.1) is 17.3 Å². The monoisotopic (exact) mass is 503 g/mol. The Morgan fingerprint density at radius 2 is 1.69 bits per heavy atom. The van der Waals surface area contributed by atoms with Crippen LogP contribution in [-0.2, 0) is 14.3 Å². The molecule has 1 atom stereocenters. The molecule has 0 fully saturated rings. The van der Waals surface area contributed by atoms with E-state index in [1.165, 1.54) is 4.90 Å². The maximum Gasteiger partial charge on any atom is 0.408 e. The lowest BCUT2D eigenvalue weighted by Crippen LogP contribution is -2.47. The van der Waals surface area contributed by atoms with Gasteiger partial charge in [-0.05, 0) is 69.9 Å². The summed E-state index contributed by atoms with van der Waals surface area (Å²) in [5, 5.41) is 15.4. The minimum absolute atomic E-state index is 0.123. The Hall–Kier alpha value is -3.10. The molecule has 3 amide bonds. The van der Waals surface area contributed by atoms with Crippen LogP contribution in [0, 0.1) is 20.8 Å². The summed E-state index contributed by atoms with van der Waals surface area (Å²) < 4.78 is 5.20. The summed E-state index contributed by atoms with van der Waals surface area (Å²) in [4.78, 5) is 40.2. The lowest BCUT2D eigenvalue weighted by Gasteiger charge is -2.32. The number of rotatable bonds is 8. The van der Waals surface area contributed by atoms with E-state index in [0.717, 1.165) is 16.7 Å². The van der Waals surface area contributed by atoms with Crippen molar-refractivity contribution in [3.05, 3.63) is 63.7 Å². The molecule has 3 N–H and O–H groups in total. The molecule has 0 aliphatic rings. The number of hydrogen-bond donors (Lipinski definition) is 3. The number of nitrogens with one attached hydrogen (secondary N) is 2. The first kappa shape index (κ1) is 28.1. The van der Waals surface area contributed by atoms with Gasteiger partial charge < -0.3 is 25.4 Å². The van der Waals surface area contributed by atoms with Crippen molar-refractivity contribution < 1.29 is 24.2 Å². The van der Waals surface area contributed by atoms with E-state index >= 15 is 0 Å². The Kier molecular flexibility index (Phi) is 9.68. The number of benzene rings is 2. The van der Waals surface area contributed by atoms with Crippen LogP contribution in [0.2, 0.25) is 5.02 Å². The third kappa shape index (κ3) is 7.70. The molecule has 1 unspecified atom stereocenters. The van der Waals surface area contributed by atoms with Gasteiger partial charge in [0.1, 0.15) is 18.2 Å². The topological polar surface area (TPSA) is 108 Å². The van der Waals surface area contributed by atoms with Crippen LogP contribution in [0.15, 0.2) is 36.4 Å². The number of aryl methyl sites for hydroxylation is 2. The van der Waals surface area contributed by atoms with E-state index in [1.54, 1.807) is 45.0 Å². The summed E-state index contributed by atoms with van der Waals surface area (Å²) in [5.41, 5.74) is 2.85. The summed E-state index contributed by atoms with van der Waals surface area (Å²) in [6, 6.07) is 9.66. The molecule has 0 saturated carbocycles. The van der Waals surface area contributed by atoms with Gasteiger partial charge in [-0.15, -0.1) is 0 Å². The normalized spacial score (nSPS) is 12.0. The van der Waals surface area contributed by atoms with Gasteiger partial charge in [-0.2, -0.15) is 0 Å². The number of hydrogen-bond acceptors (Lipinski definition) is 5. The van der Waals surface area contributed by atoms with E-state index < -0.39 is 36.1 Å². The number of amides is 3. The van der Waals surface area contributed by atoms with Gasteiger partial charge in [-0.25, -0.2) is 4.79 Å². The second-order valence-electron chi connectivity index (χ2n) is 9.28. The van der Waals surface area contributed by atoms with Crippen molar-refractivity contribution in [1.82, 2.24) is 10.2 Å². The molecule has 9 heteroatoms. The highest BCUT2D eigenvalue weighted by Gasteiger charge is 2.33. The van der Waals surface area contributed by atoms with Crippen LogP contribution in [0.25, 0.3) is 0 Å². The van der Waals surface area contributed by atoms with E-state index in [9.17, 15) is 19.5 Å². The Morgan fingerprint density at radius 3 is 2.29 bits per heavy atom. The summed E-state index contributed by atoms with van der Waals surface area (Å²) in [5.74, 6) is -1.05. The quantitative estimate of drug-likeness (QED) is 0.498. The Balaban J connectivity index is 2.44. The molecule has 0 bridgehead atoms. The molecule has 2 aromatic rings. The standard InChI is InChI=1S/C26H34ClN3O5/c1-16-9-7-11-19(18(16)3)23(24(33)29-22-17(2)10-8-12-20(22)27)30(13-14-31)21(32)15-28-25(34)35-26(4,5)6/h7-12,23,31H,13-15H2,1-6H3,(H,28,34)(H,29,33). The van der Waals surface area contributed by atoms with Crippen LogP contribution < -0.4 is 10.6 Å². The summed E-state index contributed by atoms with van der Waals surface area (Å²) >= 11 is 6.32. The van der Waals surface area contributed by atoms with Crippen LogP contribution in [-0.4, -0.2) is 53.2 Å². The molecule has 190 valence electrons. The van der Waals surface area contributed by atoms with Crippen molar-refractivity contribution in [3.63, 3.8) is 0 Å². The molecule has 8 nitrogen and oxygen atoms in total. The fourth-order valence-electron chi connectivity index (χ4n) is 3.57. The zero-order chi connectivity index (χ0) is 26.3. The number of aliphatic hydroxyl groups is 1. The largest absolute Gasteiger partial charge is 0.444 e. The van der Waals surface area contributed by atoms with Crippen LogP contribution in [0.1, 0.15) is 49.1 Å². The van der Waals surface area contributed by atoms with Crippen molar-refractivity contribution in [2.24, 2.45) is 0 Å². The third-order valence-electron chi connectivity index (χ3n) is 5.42. The van der Waals surface area contributed by atoms with Crippen LogP contribution in [0.4, 0.5) is 10.5 Å². The fourth-order valence-corrected chi connectivity index (χ4v) is 3.84. The number of carbonyl (C=O) groups excluding carboxylic acids is 3. The Morgan fingerprint density at radius 1 is 1.06 bits per heavy atom. The molecule has 35 heavy (non-hydrogen) atoms. The predicted molar refractivity (Wildman–Crippen MR) is 137 cm³/mol. The van der Waals surface area contributed by atoms with Crippen molar-refractivity contribution in [1.29, 1.82) is 0 Å². The van der Waals surface area contributed by atoms with Gasteiger partial charge in [0.15, 0.2) is 0 Å². The van der Waals surface area contributed by atoms with E-state index in [-0.39, 0.29) is 13.2 Å². The molecule has 2 aromatic carbocycles. The SMILES string of the molecule is Cc1cccc(C(C(=O)Nc2c(C)cccc2Cl)N(CCO)C(=O)CNC(=O)OC(C)(C)C)c1C. The van der Waals surface area contributed by atoms with Crippen LogP contribution in [0.3, 0.4) is 0 Å². The van der Waals surface area contributed by atoms with Gasteiger partial charge in [0.2, 0.25) is 5.91 Å². The van der Waals surface area contributed by atoms with Gasteiger partial charge in [0, 0.05) is 6.54 Å². The highest BCUT2D eigenvalue weighted by atomic mass is 35.5. The zero-order valence-corrected chi connectivity index (χ0v) is 21.8. The first-order valence-electron chi connectivity index (χ1n) is 11.3. The van der Waals surface area contributed by atoms with Crippen molar-refractivity contribution in [2.75, 3.05) is 25.0 Å². The molecule has 0 heterocycles. The van der Waals surface area contributed by atoms with E-state index in [2.05, 4.69) is 10.6 Å². The molecular formula is C26H34ClN3O5. The molecule has 0 aromatic heterocycles. The minimum atomic E-state index is -1.08. The van der Waals surface area contributed by atoms with Crippen LogP contribution in [0.5, 0.6) is 0 Å². The number of ether oxygens (including phenoxy) is 1. The molecular weight excluding hydrogens is 470 g/mol. The smallest absolute Gasteiger partial charge is 0.408 e. The summed E-state index contributed by atoms with van der Waals surface area (Å²) in [7, 11) is 0. The van der Waals surface area contributed by atoms with Crippen molar-refractivity contribution in [3.8, 4) is 0 Å². The predicted octanol–water partition coefficient (Wildman–Crippen LogP) is 4.29. The second kappa shape index (κ2) is 12.0. The lowest BCUT2D eigenvalue weighted by molar-refractivity contribution is -0.138. The number of para-hydroxylation sites is 1. The molecule has 0 spiro atoms. The third-order valence-corrected chi connectivity index (χ3v) is 5.73. The molecule has 2 rings (SSSR count). The number of nitrogens with zero attached hydrogens (tertiary/aromatic N) is 1. The Bertz CT molecular complexity index is 1060. The van der Waals surface area contributed by atoms with Gasteiger partial charge in [-0.3, -0.25) is 9.59 Å². The highest BCUT2D eigenvalue weighted by molar-refractivity contribution is 6.34. The van der Waals surface area contributed by atoms with E-state index in [1.807, 2.05) is 32.9 Å². The van der Waals surface area contributed by atoms with Gasteiger partial charge in [-0.1, -0.05) is 41.9 Å². The number of aliphatic hydroxyl groups excluding tert-OH is 1. The first-order valence-corrected chi connectivity index (χ1v) is 11.7. The Labute approximate surface area is 211 Å². The van der Waals surface area contributed by atoms with E-state index in [0.29, 0.717) is 16.3 Å². The summed E-state index contributed by atoms with van der Waals surface area (Å²) in [6.45, 7) is 9.82. The van der Waals surface area contributed by atoms with Crippen LogP contribution >= 0.6 is 11.6 Å². The zero-order valence-electron chi connectivity index (χ0n) is 21.1. The maximum atomic E-state index is 13.7. The number of carbonyl (C=O) groups is 3. The molecule has 0 aliphatic carbocycles. The average molecular weight is 504 g/mol. The first-order chi connectivity index (χ1) is 16.4. The van der Waals surface area contributed by atoms with Crippen molar-refractivity contribution >= 4 is 35.2 Å². The molecule has 0 radical (unpaired) electrons. The number of anilines is 1. The van der Waals surface area contributed by atoms with Gasteiger partial charge in [0.25, 0.3) is 5.91 Å². The molecule has 0 aliphatic heterocycles. The molecule has 0 saturated heterocycles.